The number of aliphatic hydroxyl groups is 1. The molecule has 0 fully saturated rings. The number of amides is 1. The predicted octanol–water partition coefficient (Wildman–Crippen LogP) is -0.0335. The molecule has 1 aliphatic heterocycles. The molecule has 3 N–H and O–H groups in total. The zero-order valence-corrected chi connectivity index (χ0v) is 13.6. The third-order valence-corrected chi connectivity index (χ3v) is 3.60. The van der Waals surface area contributed by atoms with Gasteiger partial charge in [-0.15, -0.1) is 0 Å². The van der Waals surface area contributed by atoms with E-state index < -0.39 is 28.5 Å². The maximum absolute atomic E-state index is 12.4. The van der Waals surface area contributed by atoms with Crippen molar-refractivity contribution < 1.29 is 34.3 Å². The van der Waals surface area contributed by atoms with Crippen LogP contribution in [0.15, 0.2) is 29.5 Å². The Labute approximate surface area is 146 Å². The van der Waals surface area contributed by atoms with Crippen LogP contribution in [-0.4, -0.2) is 64.7 Å². The van der Waals surface area contributed by atoms with Crippen LogP contribution in [0.25, 0.3) is 0 Å². The number of nitrogens with zero attached hydrogens (tertiary/aromatic N) is 2. The maximum atomic E-state index is 12.4. The number of non-ortho nitro benzene ring substituents is 1. The van der Waals surface area contributed by atoms with Gasteiger partial charge in [0.15, 0.2) is 0 Å². The lowest BCUT2D eigenvalue weighted by molar-refractivity contribution is -0.384. The summed E-state index contributed by atoms with van der Waals surface area (Å²) in [7, 11) is 1.13. The molecule has 11 nitrogen and oxygen atoms in total. The van der Waals surface area contributed by atoms with Gasteiger partial charge >= 0.3 is 11.9 Å². The summed E-state index contributed by atoms with van der Waals surface area (Å²) in [6.07, 6.45) is 0. The van der Waals surface area contributed by atoms with Crippen molar-refractivity contribution in [2.45, 2.75) is 0 Å². The second-order valence-corrected chi connectivity index (χ2v) is 5.25. The first kappa shape index (κ1) is 18.9. The molecule has 0 atom stereocenters. The molecule has 0 aliphatic carbocycles. The summed E-state index contributed by atoms with van der Waals surface area (Å²) >= 11 is 0. The van der Waals surface area contributed by atoms with Crippen LogP contribution in [0.1, 0.15) is 10.4 Å². The van der Waals surface area contributed by atoms with Crippen LogP contribution in [0, 0.1) is 10.1 Å². The van der Waals surface area contributed by atoms with Gasteiger partial charge in [0.1, 0.15) is 5.70 Å². The minimum Gasteiger partial charge on any atom is -0.478 e. The Morgan fingerprint density at radius 3 is 2.62 bits per heavy atom. The number of carbonyl (C=O) groups is 3. The number of esters is 1. The summed E-state index contributed by atoms with van der Waals surface area (Å²) in [5, 5.41) is 31.6. The third kappa shape index (κ3) is 3.78. The van der Waals surface area contributed by atoms with Crippen molar-refractivity contribution >= 4 is 29.2 Å². The Balaban J connectivity index is 2.46. The number of methoxy groups -OCH3 is 1. The van der Waals surface area contributed by atoms with Gasteiger partial charge in [-0.25, -0.2) is 9.59 Å². The number of nitrogens with one attached hydrogen (secondary N) is 1. The molecule has 1 heterocycles. The summed E-state index contributed by atoms with van der Waals surface area (Å²) in [4.78, 5) is 46.8. The van der Waals surface area contributed by atoms with Gasteiger partial charge in [0, 0.05) is 24.4 Å². The number of benzene rings is 1. The lowest BCUT2D eigenvalue weighted by Gasteiger charge is -2.15. The SMILES string of the molecule is COC(=O)C1=C(Nc2cc(C(=O)O)cc([N+](=O)[O-])c2)C(=O)N(CCO)C1. The van der Waals surface area contributed by atoms with Crippen molar-refractivity contribution in [3.05, 3.63) is 45.1 Å². The van der Waals surface area contributed by atoms with E-state index in [2.05, 4.69) is 10.1 Å². The van der Waals surface area contributed by atoms with E-state index >= 15 is 0 Å². The molecule has 138 valence electrons. The van der Waals surface area contributed by atoms with E-state index in [1.54, 1.807) is 0 Å². The van der Waals surface area contributed by atoms with E-state index in [1.165, 1.54) is 4.90 Å². The fourth-order valence-electron chi connectivity index (χ4n) is 2.41. The van der Waals surface area contributed by atoms with Gasteiger partial charge in [0.25, 0.3) is 11.6 Å². The minimum atomic E-state index is -1.39. The molecule has 0 bridgehead atoms. The van der Waals surface area contributed by atoms with Crippen LogP contribution in [0.2, 0.25) is 0 Å². The molecule has 1 aromatic rings. The van der Waals surface area contributed by atoms with Gasteiger partial charge in [0.05, 0.1) is 36.3 Å². The average Bonchev–Trinajstić information content (AvgIpc) is 2.90. The zero-order chi connectivity index (χ0) is 19.4. The number of aliphatic hydroxyl groups excluding tert-OH is 1. The average molecular weight is 365 g/mol. The van der Waals surface area contributed by atoms with Gasteiger partial charge in [-0.05, 0) is 6.07 Å². The predicted molar refractivity (Wildman–Crippen MR) is 86.4 cm³/mol. The van der Waals surface area contributed by atoms with Crippen LogP contribution in [0.3, 0.4) is 0 Å². The number of anilines is 1. The standard InChI is InChI=1S/C15H15N3O8/c1-26-15(23)11-7-17(2-3-19)13(20)12(11)16-9-4-8(14(21)22)5-10(6-9)18(24)25/h4-6,16,19H,2-3,7H2,1H3,(H,21,22). The zero-order valence-electron chi connectivity index (χ0n) is 13.6. The highest BCUT2D eigenvalue weighted by Crippen LogP contribution is 2.26. The van der Waals surface area contributed by atoms with Gasteiger partial charge in [0.2, 0.25) is 0 Å². The number of ether oxygens (including phenoxy) is 1. The molecule has 2 rings (SSSR count). The number of hydrogen-bond acceptors (Lipinski definition) is 8. The molecule has 0 radical (unpaired) electrons. The quantitative estimate of drug-likeness (QED) is 0.342. The number of carboxylic acids is 1. The number of nitro benzene ring substituents is 1. The van der Waals surface area contributed by atoms with E-state index in [0.717, 1.165) is 25.3 Å². The maximum Gasteiger partial charge on any atom is 0.337 e. The Morgan fingerprint density at radius 2 is 2.08 bits per heavy atom. The Bertz CT molecular complexity index is 785. The summed E-state index contributed by atoms with van der Waals surface area (Å²) < 4.78 is 4.62. The molecule has 26 heavy (non-hydrogen) atoms. The molecule has 0 saturated heterocycles. The monoisotopic (exact) mass is 365 g/mol. The van der Waals surface area contributed by atoms with Gasteiger partial charge in [-0.1, -0.05) is 0 Å². The topological polar surface area (TPSA) is 159 Å². The van der Waals surface area contributed by atoms with Crippen LogP contribution in [0.4, 0.5) is 11.4 Å². The molecular formula is C15H15N3O8. The molecule has 1 amide bonds. The number of carbonyl (C=O) groups excluding carboxylic acids is 2. The Hall–Kier alpha value is -3.47. The van der Waals surface area contributed by atoms with Gasteiger partial charge < -0.3 is 25.2 Å². The summed E-state index contributed by atoms with van der Waals surface area (Å²) in [6.45, 7) is -0.470. The first-order chi connectivity index (χ1) is 12.3. The molecule has 11 heteroatoms. The van der Waals surface area contributed by atoms with Gasteiger partial charge in [-0.3, -0.25) is 14.9 Å². The van der Waals surface area contributed by atoms with Crippen molar-refractivity contribution in [2.75, 3.05) is 32.1 Å². The van der Waals surface area contributed by atoms with Crippen LogP contribution in [-0.2, 0) is 14.3 Å². The van der Waals surface area contributed by atoms with Crippen molar-refractivity contribution in [1.82, 2.24) is 4.90 Å². The van der Waals surface area contributed by atoms with E-state index in [-0.39, 0.29) is 42.2 Å². The third-order valence-electron chi connectivity index (χ3n) is 3.60. The number of rotatable bonds is 7. The first-order valence-electron chi connectivity index (χ1n) is 7.30. The lowest BCUT2D eigenvalue weighted by Crippen LogP contribution is -2.31. The second-order valence-electron chi connectivity index (χ2n) is 5.25. The van der Waals surface area contributed by atoms with E-state index in [1.807, 2.05) is 0 Å². The fraction of sp³-hybridized carbons (Fsp3) is 0.267. The fourth-order valence-corrected chi connectivity index (χ4v) is 2.41. The Kier molecular flexibility index (Phi) is 5.52. The first-order valence-corrected chi connectivity index (χ1v) is 7.30. The normalized spacial score (nSPS) is 13.8. The van der Waals surface area contributed by atoms with Crippen molar-refractivity contribution in [3.63, 3.8) is 0 Å². The summed E-state index contributed by atoms with van der Waals surface area (Å²) in [5.41, 5.74) is -1.13. The molecule has 1 aliphatic rings. The summed E-state index contributed by atoms with van der Waals surface area (Å²) in [5.74, 6) is -2.80. The van der Waals surface area contributed by atoms with Crippen molar-refractivity contribution in [1.29, 1.82) is 0 Å². The number of hydrogen-bond donors (Lipinski definition) is 3. The van der Waals surface area contributed by atoms with Crippen molar-refractivity contribution in [3.8, 4) is 0 Å². The molecule has 1 aromatic carbocycles. The highest BCUT2D eigenvalue weighted by atomic mass is 16.6. The smallest absolute Gasteiger partial charge is 0.337 e. The minimum absolute atomic E-state index is 0.0280. The van der Waals surface area contributed by atoms with Gasteiger partial charge in [-0.2, -0.15) is 0 Å². The number of carboxylic acid groups (broad SMARTS) is 1. The molecular weight excluding hydrogens is 350 g/mol. The number of aromatic carboxylic acids is 1. The van der Waals surface area contributed by atoms with E-state index in [0.29, 0.717) is 0 Å². The lowest BCUT2D eigenvalue weighted by atomic mass is 10.1. The highest BCUT2D eigenvalue weighted by Gasteiger charge is 2.34. The van der Waals surface area contributed by atoms with Crippen molar-refractivity contribution in [2.24, 2.45) is 0 Å². The molecule has 0 aromatic heterocycles. The Morgan fingerprint density at radius 1 is 1.38 bits per heavy atom. The summed E-state index contributed by atoms with van der Waals surface area (Å²) in [6, 6.07) is 3.01. The highest BCUT2D eigenvalue weighted by molar-refractivity contribution is 6.08. The molecule has 0 saturated carbocycles. The number of nitro groups is 1. The van der Waals surface area contributed by atoms with Crippen LogP contribution >= 0.6 is 0 Å². The van der Waals surface area contributed by atoms with E-state index in [4.69, 9.17) is 10.2 Å². The van der Waals surface area contributed by atoms with Crippen LogP contribution < -0.4 is 5.32 Å². The number of β-amino-alcohol motifs (C(OH)–C–C–N with tert-alkyl or cyclic N) is 1. The molecule has 0 spiro atoms. The van der Waals surface area contributed by atoms with Crippen LogP contribution in [0.5, 0.6) is 0 Å². The largest absolute Gasteiger partial charge is 0.478 e. The van der Waals surface area contributed by atoms with E-state index in [9.17, 15) is 24.5 Å². The second kappa shape index (κ2) is 7.61. The molecule has 0 unspecified atom stereocenters.